The molecule has 0 amide bonds. The van der Waals surface area contributed by atoms with Gasteiger partial charge in [0, 0.05) is 0 Å². The molecule has 20 heavy (non-hydrogen) atoms. The minimum absolute atomic E-state index is 0.00918. The minimum Gasteiger partial charge on any atom is -0.691 e. The molecule has 8 heteroatoms. The maximum atomic E-state index is 11.6. The van der Waals surface area contributed by atoms with Crippen LogP contribution in [0.2, 0.25) is 0 Å². The summed E-state index contributed by atoms with van der Waals surface area (Å²) in [5, 5.41) is 20.2. The standard InChI is InChI=1S/C12H12N4O3S/c13-20(18,19)12-8-6-10(7-9-12)14-15-16(17)11-4-2-1-3-5-11/h1-9,14H,(H2,13,18,19). The predicted molar refractivity (Wildman–Crippen MR) is 73.6 cm³/mol. The number of rotatable bonds is 4. The highest BCUT2D eigenvalue weighted by atomic mass is 32.2. The van der Waals surface area contributed by atoms with Gasteiger partial charge in [-0.05, 0) is 36.4 Å². The van der Waals surface area contributed by atoms with Crippen LogP contribution in [0, 0.1) is 5.21 Å². The summed E-state index contributed by atoms with van der Waals surface area (Å²) in [6, 6.07) is 14.0. The molecule has 0 aromatic heterocycles. The number of benzene rings is 2. The Hall–Kier alpha value is -2.45. The first kappa shape index (κ1) is 14.0. The third kappa shape index (κ3) is 3.53. The molecular weight excluding hydrogens is 280 g/mol. The summed E-state index contributed by atoms with van der Waals surface area (Å²) in [6.07, 6.45) is 0. The second-order valence-corrected chi connectivity index (χ2v) is 5.45. The Bertz CT molecular complexity index is 712. The average Bonchev–Trinajstić information content (AvgIpc) is 2.45. The molecule has 0 aliphatic carbocycles. The van der Waals surface area contributed by atoms with Crippen LogP contribution < -0.4 is 10.6 Å². The molecule has 0 saturated carbocycles. The van der Waals surface area contributed by atoms with Gasteiger partial charge in [0.1, 0.15) is 5.69 Å². The average molecular weight is 292 g/mol. The molecule has 2 aromatic carbocycles. The number of anilines is 1. The van der Waals surface area contributed by atoms with E-state index < -0.39 is 10.0 Å². The van der Waals surface area contributed by atoms with Gasteiger partial charge in [0.2, 0.25) is 10.0 Å². The fourth-order valence-electron chi connectivity index (χ4n) is 1.44. The highest BCUT2D eigenvalue weighted by Crippen LogP contribution is 2.14. The SMILES string of the molecule is NS(=O)(=O)c1ccc(NN=[N+]([O-])c2ccccc2)cc1. The van der Waals surface area contributed by atoms with E-state index >= 15 is 0 Å². The van der Waals surface area contributed by atoms with Gasteiger partial charge in [-0.3, -0.25) is 0 Å². The number of sulfonamides is 1. The molecule has 0 fully saturated rings. The summed E-state index contributed by atoms with van der Waals surface area (Å²) in [5.41, 5.74) is 3.37. The number of nitrogens with zero attached hydrogens (tertiary/aromatic N) is 2. The van der Waals surface area contributed by atoms with Crippen LogP contribution in [0.4, 0.5) is 11.4 Å². The monoisotopic (exact) mass is 292 g/mol. The van der Waals surface area contributed by atoms with Gasteiger partial charge in [-0.25, -0.2) is 13.6 Å². The highest BCUT2D eigenvalue weighted by molar-refractivity contribution is 7.89. The lowest BCUT2D eigenvalue weighted by Gasteiger charge is -2.04. The number of primary sulfonamides is 1. The third-order valence-corrected chi connectivity index (χ3v) is 3.36. The number of nitrogens with two attached hydrogens (primary N) is 1. The van der Waals surface area contributed by atoms with Crippen molar-refractivity contribution in [3.8, 4) is 0 Å². The summed E-state index contributed by atoms with van der Waals surface area (Å²) in [6.45, 7) is 0. The molecule has 2 rings (SSSR count). The van der Waals surface area contributed by atoms with E-state index in [1.165, 1.54) is 24.3 Å². The highest BCUT2D eigenvalue weighted by Gasteiger charge is 2.07. The summed E-state index contributed by atoms with van der Waals surface area (Å²) in [7, 11) is -3.72. The van der Waals surface area contributed by atoms with E-state index in [1.54, 1.807) is 30.3 Å². The van der Waals surface area contributed by atoms with Gasteiger partial charge in [0.15, 0.2) is 5.69 Å². The Labute approximate surface area is 116 Å². The first-order chi connectivity index (χ1) is 9.47. The van der Waals surface area contributed by atoms with Crippen molar-refractivity contribution in [3.63, 3.8) is 0 Å². The number of hydrogen-bond donors (Lipinski definition) is 2. The summed E-state index contributed by atoms with van der Waals surface area (Å²) >= 11 is 0. The quantitative estimate of drug-likeness (QED) is 0.509. The van der Waals surface area contributed by atoms with E-state index in [4.69, 9.17) is 5.14 Å². The molecule has 0 saturated heterocycles. The summed E-state index contributed by atoms with van der Waals surface area (Å²) < 4.78 is 22.1. The van der Waals surface area contributed by atoms with Crippen LogP contribution in [0.25, 0.3) is 0 Å². The fraction of sp³-hybridized carbons (Fsp3) is 0. The van der Waals surface area contributed by atoms with E-state index in [1.807, 2.05) is 0 Å². The van der Waals surface area contributed by atoms with Gasteiger partial charge in [0.25, 0.3) is 0 Å². The molecule has 3 N–H and O–H groups in total. The number of hydrogen-bond acceptors (Lipinski definition) is 4. The molecule has 0 unspecified atom stereocenters. The Balaban J connectivity index is 2.12. The minimum atomic E-state index is -3.72. The maximum Gasteiger partial charge on any atom is 0.238 e. The van der Waals surface area contributed by atoms with Crippen LogP contribution in [-0.2, 0) is 10.0 Å². The molecule has 0 spiro atoms. The van der Waals surface area contributed by atoms with Gasteiger partial charge >= 0.3 is 0 Å². The van der Waals surface area contributed by atoms with Crippen molar-refractivity contribution in [2.75, 3.05) is 5.43 Å². The van der Waals surface area contributed by atoms with Gasteiger partial charge < -0.3 is 5.21 Å². The molecule has 0 aliphatic rings. The largest absolute Gasteiger partial charge is 0.691 e. The molecule has 0 aliphatic heterocycles. The lowest BCUT2D eigenvalue weighted by atomic mass is 10.3. The zero-order chi connectivity index (χ0) is 14.6. The van der Waals surface area contributed by atoms with Crippen molar-refractivity contribution in [2.45, 2.75) is 4.90 Å². The van der Waals surface area contributed by atoms with Gasteiger partial charge in [-0.2, -0.15) is 0 Å². The second-order valence-electron chi connectivity index (χ2n) is 3.89. The van der Waals surface area contributed by atoms with Gasteiger partial charge in [-0.15, -0.1) is 10.3 Å². The van der Waals surface area contributed by atoms with Crippen molar-refractivity contribution in [3.05, 3.63) is 59.8 Å². The van der Waals surface area contributed by atoms with E-state index in [9.17, 15) is 13.6 Å². The first-order valence-electron chi connectivity index (χ1n) is 5.58. The smallest absolute Gasteiger partial charge is 0.238 e. The lowest BCUT2D eigenvalue weighted by Crippen LogP contribution is -2.11. The molecule has 0 heterocycles. The number of para-hydroxylation sites is 1. The fourth-order valence-corrected chi connectivity index (χ4v) is 1.95. The van der Waals surface area contributed by atoms with Crippen molar-refractivity contribution in [2.24, 2.45) is 10.4 Å². The molecule has 0 atom stereocenters. The summed E-state index contributed by atoms with van der Waals surface area (Å²) in [5.74, 6) is 0. The van der Waals surface area contributed by atoms with Crippen LogP contribution in [0.3, 0.4) is 0 Å². The Kier molecular flexibility index (Phi) is 3.97. The molecule has 0 radical (unpaired) electrons. The van der Waals surface area contributed by atoms with Crippen molar-refractivity contribution in [1.82, 2.24) is 0 Å². The van der Waals surface area contributed by atoms with Crippen molar-refractivity contribution in [1.29, 1.82) is 0 Å². The Morgan fingerprint density at radius 1 is 1.05 bits per heavy atom. The molecule has 7 nitrogen and oxygen atoms in total. The van der Waals surface area contributed by atoms with Crippen LogP contribution in [0.5, 0.6) is 0 Å². The van der Waals surface area contributed by atoms with Crippen LogP contribution in [0.1, 0.15) is 0 Å². The van der Waals surface area contributed by atoms with E-state index in [0.717, 1.165) is 0 Å². The van der Waals surface area contributed by atoms with Crippen LogP contribution in [-0.4, -0.2) is 13.3 Å². The third-order valence-electron chi connectivity index (χ3n) is 2.43. The predicted octanol–water partition coefficient (Wildman–Crippen LogP) is 1.96. The zero-order valence-electron chi connectivity index (χ0n) is 10.3. The van der Waals surface area contributed by atoms with E-state index in [-0.39, 0.29) is 4.90 Å². The van der Waals surface area contributed by atoms with Crippen molar-refractivity contribution < 1.29 is 13.3 Å². The molecule has 104 valence electrons. The molecular formula is C12H12N4O3S. The second kappa shape index (κ2) is 5.68. The topological polar surface area (TPSA) is 111 Å². The summed E-state index contributed by atoms with van der Waals surface area (Å²) in [4.78, 5) is 0.415. The maximum absolute atomic E-state index is 11.6. The van der Waals surface area contributed by atoms with E-state index in [0.29, 0.717) is 16.2 Å². The van der Waals surface area contributed by atoms with E-state index in [2.05, 4.69) is 10.6 Å². The van der Waals surface area contributed by atoms with Crippen molar-refractivity contribution >= 4 is 21.4 Å². The Morgan fingerprint density at radius 3 is 2.20 bits per heavy atom. The molecule has 0 bridgehead atoms. The van der Waals surface area contributed by atoms with Gasteiger partial charge in [-0.1, -0.05) is 18.2 Å². The van der Waals surface area contributed by atoms with Crippen LogP contribution >= 0.6 is 0 Å². The number of nitrogens with one attached hydrogen (secondary N) is 1. The lowest BCUT2D eigenvalue weighted by molar-refractivity contribution is -0.439. The Morgan fingerprint density at radius 2 is 1.65 bits per heavy atom. The normalized spacial score (nSPS) is 12.2. The first-order valence-corrected chi connectivity index (χ1v) is 7.13. The van der Waals surface area contributed by atoms with Gasteiger partial charge in [0.05, 0.1) is 10.1 Å². The zero-order valence-corrected chi connectivity index (χ0v) is 11.1. The molecule has 2 aromatic rings. The van der Waals surface area contributed by atoms with Crippen LogP contribution in [0.15, 0.2) is 64.7 Å².